The molecule has 1 heterocycles. The first kappa shape index (κ1) is 13.3. The summed E-state index contributed by atoms with van der Waals surface area (Å²) in [5, 5.41) is 0. The van der Waals surface area contributed by atoms with Crippen molar-refractivity contribution >= 4 is 5.78 Å². The van der Waals surface area contributed by atoms with Crippen LogP contribution < -0.4 is 4.74 Å². The summed E-state index contributed by atoms with van der Waals surface area (Å²) in [4.78, 5) is 14.9. The van der Waals surface area contributed by atoms with Crippen molar-refractivity contribution in [2.75, 3.05) is 6.61 Å². The molecule has 0 saturated carbocycles. The Labute approximate surface area is 113 Å². The molecule has 0 atom stereocenters. The zero-order valence-electron chi connectivity index (χ0n) is 11.1. The van der Waals surface area contributed by atoms with Gasteiger partial charge in [0.05, 0.1) is 12.9 Å². The van der Waals surface area contributed by atoms with Crippen molar-refractivity contribution in [1.82, 2.24) is 9.55 Å². The SMILES string of the molecule is CC(=O)CCc1ccc(OCCn2ccnc2)cc1. The fourth-order valence-electron chi connectivity index (χ4n) is 1.76. The lowest BCUT2D eigenvalue weighted by molar-refractivity contribution is -0.116. The predicted molar refractivity (Wildman–Crippen MR) is 73.2 cm³/mol. The summed E-state index contributed by atoms with van der Waals surface area (Å²) in [6, 6.07) is 7.91. The molecule has 0 bridgehead atoms. The van der Waals surface area contributed by atoms with E-state index in [2.05, 4.69) is 4.98 Å². The molecule has 0 aliphatic rings. The Balaban J connectivity index is 1.76. The van der Waals surface area contributed by atoms with Crippen LogP contribution in [0.25, 0.3) is 0 Å². The van der Waals surface area contributed by atoms with Crippen LogP contribution in [-0.4, -0.2) is 21.9 Å². The summed E-state index contributed by atoms with van der Waals surface area (Å²) >= 11 is 0. The summed E-state index contributed by atoms with van der Waals surface area (Å²) in [6.07, 6.45) is 6.83. The summed E-state index contributed by atoms with van der Waals surface area (Å²) in [5.41, 5.74) is 1.16. The van der Waals surface area contributed by atoms with E-state index in [9.17, 15) is 4.79 Å². The molecule has 0 N–H and O–H groups in total. The van der Waals surface area contributed by atoms with E-state index >= 15 is 0 Å². The van der Waals surface area contributed by atoms with E-state index in [4.69, 9.17) is 4.74 Å². The molecule has 0 aliphatic heterocycles. The van der Waals surface area contributed by atoms with Gasteiger partial charge in [0.2, 0.25) is 0 Å². The monoisotopic (exact) mass is 258 g/mol. The minimum atomic E-state index is 0.223. The number of imidazole rings is 1. The van der Waals surface area contributed by atoms with Gasteiger partial charge in [0.1, 0.15) is 18.1 Å². The molecule has 2 rings (SSSR count). The van der Waals surface area contributed by atoms with Gasteiger partial charge >= 0.3 is 0 Å². The number of carbonyl (C=O) groups is 1. The topological polar surface area (TPSA) is 44.1 Å². The van der Waals surface area contributed by atoms with Gasteiger partial charge in [0.15, 0.2) is 0 Å². The second-order valence-electron chi connectivity index (χ2n) is 4.49. The maximum atomic E-state index is 10.9. The van der Waals surface area contributed by atoms with Gasteiger partial charge in [0.25, 0.3) is 0 Å². The van der Waals surface area contributed by atoms with E-state index in [-0.39, 0.29) is 5.78 Å². The van der Waals surface area contributed by atoms with E-state index < -0.39 is 0 Å². The minimum Gasteiger partial charge on any atom is -0.492 e. The van der Waals surface area contributed by atoms with Crippen molar-refractivity contribution in [1.29, 1.82) is 0 Å². The lowest BCUT2D eigenvalue weighted by Gasteiger charge is -2.07. The van der Waals surface area contributed by atoms with E-state index in [1.807, 2.05) is 35.0 Å². The van der Waals surface area contributed by atoms with Crippen molar-refractivity contribution in [3.63, 3.8) is 0 Å². The molecule has 2 aromatic rings. The Bertz CT molecular complexity index is 503. The Morgan fingerprint density at radius 1 is 1.32 bits per heavy atom. The molecule has 4 heteroatoms. The number of nitrogens with zero attached hydrogens (tertiary/aromatic N) is 2. The third kappa shape index (κ3) is 4.58. The first-order valence-corrected chi connectivity index (χ1v) is 6.41. The summed E-state index contributed by atoms with van der Waals surface area (Å²) in [5.74, 6) is 1.08. The third-order valence-electron chi connectivity index (χ3n) is 2.87. The molecular formula is C15H18N2O2. The number of ether oxygens (including phenoxy) is 1. The first-order chi connectivity index (χ1) is 9.24. The number of carbonyl (C=O) groups excluding carboxylic acids is 1. The Hall–Kier alpha value is -2.10. The average Bonchev–Trinajstić information content (AvgIpc) is 2.91. The van der Waals surface area contributed by atoms with Crippen LogP contribution in [-0.2, 0) is 17.8 Å². The van der Waals surface area contributed by atoms with Gasteiger partial charge in [-0.2, -0.15) is 0 Å². The summed E-state index contributed by atoms with van der Waals surface area (Å²) < 4.78 is 7.62. The van der Waals surface area contributed by atoms with Crippen molar-refractivity contribution in [2.24, 2.45) is 0 Å². The maximum Gasteiger partial charge on any atom is 0.130 e. The molecule has 4 nitrogen and oxygen atoms in total. The van der Waals surface area contributed by atoms with Gasteiger partial charge in [-0.05, 0) is 31.0 Å². The second-order valence-corrected chi connectivity index (χ2v) is 4.49. The van der Waals surface area contributed by atoms with E-state index in [0.717, 1.165) is 24.3 Å². The summed E-state index contributed by atoms with van der Waals surface area (Å²) in [7, 11) is 0. The first-order valence-electron chi connectivity index (χ1n) is 6.41. The highest BCUT2D eigenvalue weighted by atomic mass is 16.5. The number of Topliss-reactive ketones (excluding diaryl/α,β-unsaturated/α-hetero) is 1. The number of rotatable bonds is 7. The van der Waals surface area contributed by atoms with Crippen molar-refractivity contribution in [3.8, 4) is 5.75 Å². The lowest BCUT2D eigenvalue weighted by Crippen LogP contribution is -2.06. The lowest BCUT2D eigenvalue weighted by atomic mass is 10.1. The van der Waals surface area contributed by atoms with Crippen LogP contribution in [0.15, 0.2) is 43.0 Å². The highest BCUT2D eigenvalue weighted by Crippen LogP contribution is 2.13. The molecular weight excluding hydrogens is 240 g/mol. The molecule has 0 aliphatic carbocycles. The molecule has 1 aromatic heterocycles. The van der Waals surface area contributed by atoms with E-state index in [1.54, 1.807) is 19.4 Å². The van der Waals surface area contributed by atoms with Crippen LogP contribution in [0.5, 0.6) is 5.75 Å². The van der Waals surface area contributed by atoms with Crippen LogP contribution in [0.4, 0.5) is 0 Å². The van der Waals surface area contributed by atoms with Gasteiger partial charge in [0, 0.05) is 18.8 Å². The number of hydrogen-bond donors (Lipinski definition) is 0. The Morgan fingerprint density at radius 2 is 2.11 bits per heavy atom. The molecule has 1 aromatic carbocycles. The fraction of sp³-hybridized carbons (Fsp3) is 0.333. The molecule has 0 fully saturated rings. The fourth-order valence-corrected chi connectivity index (χ4v) is 1.76. The quantitative estimate of drug-likeness (QED) is 0.766. The van der Waals surface area contributed by atoms with Crippen LogP contribution in [0.3, 0.4) is 0 Å². The number of aryl methyl sites for hydroxylation is 1. The van der Waals surface area contributed by atoms with Crippen molar-refractivity contribution in [3.05, 3.63) is 48.5 Å². The highest BCUT2D eigenvalue weighted by Gasteiger charge is 1.98. The number of benzene rings is 1. The maximum absolute atomic E-state index is 10.9. The van der Waals surface area contributed by atoms with Crippen LogP contribution in [0, 0.1) is 0 Å². The normalized spacial score (nSPS) is 10.4. The largest absolute Gasteiger partial charge is 0.492 e. The van der Waals surface area contributed by atoms with Crippen LogP contribution >= 0.6 is 0 Å². The Morgan fingerprint density at radius 3 is 2.74 bits per heavy atom. The van der Waals surface area contributed by atoms with Crippen LogP contribution in [0.1, 0.15) is 18.9 Å². The second kappa shape index (κ2) is 6.73. The highest BCUT2D eigenvalue weighted by molar-refractivity contribution is 5.75. The zero-order chi connectivity index (χ0) is 13.5. The molecule has 0 amide bonds. The molecule has 0 spiro atoms. The Kier molecular flexibility index (Phi) is 4.72. The van der Waals surface area contributed by atoms with E-state index in [0.29, 0.717) is 13.0 Å². The average molecular weight is 258 g/mol. The molecule has 0 saturated heterocycles. The third-order valence-corrected chi connectivity index (χ3v) is 2.87. The van der Waals surface area contributed by atoms with Crippen molar-refractivity contribution in [2.45, 2.75) is 26.3 Å². The number of hydrogen-bond acceptors (Lipinski definition) is 3. The summed E-state index contributed by atoms with van der Waals surface area (Å²) in [6.45, 7) is 3.02. The molecule has 100 valence electrons. The molecule has 0 radical (unpaired) electrons. The van der Waals surface area contributed by atoms with E-state index in [1.165, 1.54) is 0 Å². The number of ketones is 1. The zero-order valence-corrected chi connectivity index (χ0v) is 11.1. The van der Waals surface area contributed by atoms with Gasteiger partial charge < -0.3 is 14.1 Å². The van der Waals surface area contributed by atoms with Gasteiger partial charge in [-0.15, -0.1) is 0 Å². The molecule has 19 heavy (non-hydrogen) atoms. The van der Waals surface area contributed by atoms with Gasteiger partial charge in [-0.1, -0.05) is 12.1 Å². The standard InChI is InChI=1S/C15H18N2O2/c1-13(18)2-3-14-4-6-15(7-5-14)19-11-10-17-9-8-16-12-17/h4-9,12H,2-3,10-11H2,1H3. The molecule has 0 unspecified atom stereocenters. The predicted octanol–water partition coefficient (Wildman–Crippen LogP) is 2.48. The number of aromatic nitrogens is 2. The van der Waals surface area contributed by atoms with Crippen molar-refractivity contribution < 1.29 is 9.53 Å². The van der Waals surface area contributed by atoms with Gasteiger partial charge in [-0.25, -0.2) is 4.98 Å². The minimum absolute atomic E-state index is 0.223. The smallest absolute Gasteiger partial charge is 0.130 e. The van der Waals surface area contributed by atoms with Gasteiger partial charge in [-0.3, -0.25) is 0 Å². The van der Waals surface area contributed by atoms with Crippen LogP contribution in [0.2, 0.25) is 0 Å².